The van der Waals surface area contributed by atoms with Crippen molar-refractivity contribution in [2.45, 2.75) is 52.6 Å². The van der Waals surface area contributed by atoms with Gasteiger partial charge in [0, 0.05) is 24.2 Å². The number of aliphatic hydroxyl groups excluding tert-OH is 1. The van der Waals surface area contributed by atoms with Gasteiger partial charge in [0.2, 0.25) is 0 Å². The average molecular weight is 331 g/mol. The number of nitrogens with one attached hydrogen (secondary N) is 2. The molecule has 0 spiro atoms. The molecule has 0 saturated carbocycles. The van der Waals surface area contributed by atoms with Crippen molar-refractivity contribution in [3.63, 3.8) is 0 Å². The molecule has 5 heteroatoms. The van der Waals surface area contributed by atoms with Gasteiger partial charge in [-0.3, -0.25) is 4.79 Å². The number of benzene rings is 1. The SMILES string of the molecule is CCC(N)(CC)c1c(C)cc2cc(CNCCO)c(=O)[nH]c2c1C. The van der Waals surface area contributed by atoms with E-state index >= 15 is 0 Å². The Morgan fingerprint density at radius 2 is 1.92 bits per heavy atom. The number of hydrogen-bond donors (Lipinski definition) is 4. The van der Waals surface area contributed by atoms with Crippen LogP contribution in [-0.4, -0.2) is 23.2 Å². The first-order chi connectivity index (χ1) is 11.4. The van der Waals surface area contributed by atoms with E-state index in [1.54, 1.807) is 0 Å². The van der Waals surface area contributed by atoms with Crippen LogP contribution in [-0.2, 0) is 12.1 Å². The summed E-state index contributed by atoms with van der Waals surface area (Å²) in [4.78, 5) is 15.4. The van der Waals surface area contributed by atoms with Crippen LogP contribution in [0.1, 0.15) is 48.9 Å². The molecule has 1 heterocycles. The first kappa shape index (κ1) is 18.6. The van der Waals surface area contributed by atoms with Gasteiger partial charge in [0.05, 0.1) is 12.1 Å². The lowest BCUT2D eigenvalue weighted by atomic mass is 9.79. The van der Waals surface area contributed by atoms with Crippen LogP contribution in [0.4, 0.5) is 0 Å². The monoisotopic (exact) mass is 331 g/mol. The van der Waals surface area contributed by atoms with Gasteiger partial charge >= 0.3 is 0 Å². The van der Waals surface area contributed by atoms with E-state index in [2.05, 4.69) is 37.1 Å². The second-order valence-corrected chi connectivity index (χ2v) is 6.55. The highest BCUT2D eigenvalue weighted by atomic mass is 16.3. The predicted octanol–water partition coefficient (Wildman–Crippen LogP) is 2.20. The summed E-state index contributed by atoms with van der Waals surface area (Å²) in [5, 5.41) is 12.9. The van der Waals surface area contributed by atoms with Crippen molar-refractivity contribution in [3.05, 3.63) is 44.7 Å². The largest absolute Gasteiger partial charge is 0.395 e. The Labute approximate surface area is 143 Å². The van der Waals surface area contributed by atoms with Crippen LogP contribution in [0.5, 0.6) is 0 Å². The highest BCUT2D eigenvalue weighted by Gasteiger charge is 2.27. The van der Waals surface area contributed by atoms with E-state index < -0.39 is 0 Å². The van der Waals surface area contributed by atoms with Crippen LogP contribution in [0, 0.1) is 13.8 Å². The number of aliphatic hydroxyl groups is 1. The van der Waals surface area contributed by atoms with E-state index in [4.69, 9.17) is 10.8 Å². The van der Waals surface area contributed by atoms with Gasteiger partial charge in [-0.1, -0.05) is 13.8 Å². The van der Waals surface area contributed by atoms with Crippen molar-refractivity contribution in [1.29, 1.82) is 0 Å². The van der Waals surface area contributed by atoms with E-state index in [1.807, 2.05) is 13.0 Å². The first-order valence-corrected chi connectivity index (χ1v) is 8.65. The van der Waals surface area contributed by atoms with Crippen LogP contribution in [0.2, 0.25) is 0 Å². The molecule has 0 atom stereocenters. The molecule has 2 rings (SSSR count). The first-order valence-electron chi connectivity index (χ1n) is 8.65. The van der Waals surface area contributed by atoms with Crippen molar-refractivity contribution >= 4 is 10.9 Å². The molecule has 0 saturated heterocycles. The molecule has 0 radical (unpaired) electrons. The number of hydrogen-bond acceptors (Lipinski definition) is 4. The summed E-state index contributed by atoms with van der Waals surface area (Å²) < 4.78 is 0. The van der Waals surface area contributed by atoms with Gasteiger partial charge in [-0.05, 0) is 60.9 Å². The maximum Gasteiger partial charge on any atom is 0.252 e. The zero-order valence-electron chi connectivity index (χ0n) is 15.1. The maximum absolute atomic E-state index is 12.4. The summed E-state index contributed by atoms with van der Waals surface area (Å²) in [5.41, 5.74) is 11.1. The van der Waals surface area contributed by atoms with Crippen LogP contribution >= 0.6 is 0 Å². The number of aryl methyl sites for hydroxylation is 2. The third-order valence-electron chi connectivity index (χ3n) is 5.03. The summed E-state index contributed by atoms with van der Waals surface area (Å²) in [5.74, 6) is 0. The van der Waals surface area contributed by atoms with Gasteiger partial charge in [0.15, 0.2) is 0 Å². The molecular weight excluding hydrogens is 302 g/mol. The number of H-pyrrole nitrogens is 1. The molecule has 2 aromatic rings. The fraction of sp³-hybridized carbons (Fsp3) is 0.526. The van der Waals surface area contributed by atoms with Crippen molar-refractivity contribution in [2.24, 2.45) is 5.73 Å². The van der Waals surface area contributed by atoms with Crippen molar-refractivity contribution in [1.82, 2.24) is 10.3 Å². The second kappa shape index (κ2) is 7.47. The minimum absolute atomic E-state index is 0.0552. The summed E-state index contributed by atoms with van der Waals surface area (Å²) >= 11 is 0. The number of rotatable bonds is 7. The minimum atomic E-state index is -0.374. The van der Waals surface area contributed by atoms with E-state index in [0.717, 1.165) is 40.4 Å². The van der Waals surface area contributed by atoms with Gasteiger partial charge < -0.3 is 21.1 Å². The Hall–Kier alpha value is -1.69. The molecule has 0 amide bonds. The Kier molecular flexibility index (Phi) is 5.80. The van der Waals surface area contributed by atoms with E-state index in [9.17, 15) is 4.79 Å². The molecule has 5 N–H and O–H groups in total. The van der Waals surface area contributed by atoms with Gasteiger partial charge in [0.1, 0.15) is 0 Å². The highest BCUT2D eigenvalue weighted by Crippen LogP contribution is 2.34. The molecular formula is C19H29N3O2. The molecule has 5 nitrogen and oxygen atoms in total. The second-order valence-electron chi connectivity index (χ2n) is 6.55. The van der Waals surface area contributed by atoms with E-state index in [1.165, 1.54) is 0 Å². The van der Waals surface area contributed by atoms with Crippen LogP contribution in [0.25, 0.3) is 10.9 Å². The van der Waals surface area contributed by atoms with Crippen LogP contribution in [0.3, 0.4) is 0 Å². The topological polar surface area (TPSA) is 91.1 Å². The number of aromatic nitrogens is 1. The smallest absolute Gasteiger partial charge is 0.252 e. The Morgan fingerprint density at radius 3 is 2.50 bits per heavy atom. The fourth-order valence-electron chi connectivity index (χ4n) is 3.54. The Balaban J connectivity index is 2.61. The summed E-state index contributed by atoms with van der Waals surface area (Å²) in [7, 11) is 0. The van der Waals surface area contributed by atoms with Crippen molar-refractivity contribution < 1.29 is 5.11 Å². The Morgan fingerprint density at radius 1 is 1.25 bits per heavy atom. The zero-order chi connectivity index (χ0) is 17.9. The van der Waals surface area contributed by atoms with Gasteiger partial charge in [0.25, 0.3) is 5.56 Å². The molecule has 132 valence electrons. The van der Waals surface area contributed by atoms with Gasteiger partial charge in [-0.25, -0.2) is 0 Å². The average Bonchev–Trinajstić information content (AvgIpc) is 2.56. The van der Waals surface area contributed by atoms with E-state index in [-0.39, 0.29) is 17.7 Å². The molecule has 0 fully saturated rings. The molecule has 0 bridgehead atoms. The van der Waals surface area contributed by atoms with Crippen molar-refractivity contribution in [3.8, 4) is 0 Å². The molecule has 0 aliphatic rings. The molecule has 0 aliphatic heterocycles. The van der Waals surface area contributed by atoms with E-state index in [0.29, 0.717) is 18.7 Å². The normalized spacial score (nSPS) is 12.1. The van der Waals surface area contributed by atoms with Crippen LogP contribution in [0.15, 0.2) is 16.9 Å². The highest BCUT2D eigenvalue weighted by molar-refractivity contribution is 5.84. The lowest BCUT2D eigenvalue weighted by Crippen LogP contribution is -2.37. The maximum atomic E-state index is 12.4. The molecule has 0 unspecified atom stereocenters. The quantitative estimate of drug-likeness (QED) is 0.585. The summed E-state index contributed by atoms with van der Waals surface area (Å²) in [6.07, 6.45) is 1.70. The molecule has 1 aromatic heterocycles. The van der Waals surface area contributed by atoms with Crippen LogP contribution < -0.4 is 16.6 Å². The standard InChI is InChI=1S/C19H29N3O2/c1-5-19(20,6-2)16-12(3)9-14-10-15(11-21-7-8-23)18(24)22-17(14)13(16)4/h9-10,21,23H,5-8,11,20H2,1-4H3,(H,22,24). The number of aromatic amines is 1. The van der Waals surface area contributed by atoms with Crippen molar-refractivity contribution in [2.75, 3.05) is 13.2 Å². The molecule has 0 aliphatic carbocycles. The third-order valence-corrected chi connectivity index (χ3v) is 5.03. The third kappa shape index (κ3) is 3.38. The fourth-order valence-corrected chi connectivity index (χ4v) is 3.54. The Bertz CT molecular complexity index is 776. The summed E-state index contributed by atoms with van der Waals surface area (Å²) in [6.45, 7) is 9.30. The van der Waals surface area contributed by atoms with Gasteiger partial charge in [-0.15, -0.1) is 0 Å². The number of pyridine rings is 1. The lowest BCUT2D eigenvalue weighted by Gasteiger charge is -2.31. The molecule has 1 aromatic carbocycles. The number of fused-ring (bicyclic) bond motifs is 1. The molecule has 24 heavy (non-hydrogen) atoms. The lowest BCUT2D eigenvalue weighted by molar-refractivity contribution is 0.292. The summed E-state index contributed by atoms with van der Waals surface area (Å²) in [6, 6.07) is 4.04. The van der Waals surface area contributed by atoms with Gasteiger partial charge in [-0.2, -0.15) is 0 Å². The number of nitrogens with two attached hydrogens (primary N) is 1. The zero-order valence-corrected chi connectivity index (χ0v) is 15.1. The predicted molar refractivity (Wildman–Crippen MR) is 99.3 cm³/mol. The minimum Gasteiger partial charge on any atom is -0.395 e.